The summed E-state index contributed by atoms with van der Waals surface area (Å²) in [7, 11) is 1.53. The van der Waals surface area contributed by atoms with Crippen molar-refractivity contribution in [2.75, 3.05) is 39.8 Å². The van der Waals surface area contributed by atoms with Gasteiger partial charge < -0.3 is 15.1 Å². The van der Waals surface area contributed by atoms with E-state index in [1.807, 2.05) is 18.2 Å². The van der Waals surface area contributed by atoms with E-state index in [2.05, 4.69) is 39.1 Å². The molecule has 2 amide bonds. The fraction of sp³-hybridized carbons (Fsp3) is 0.409. The van der Waals surface area contributed by atoms with Gasteiger partial charge in [0.1, 0.15) is 12.3 Å². The Bertz CT molecular complexity index is 872. The van der Waals surface area contributed by atoms with Gasteiger partial charge in [-0.05, 0) is 12.5 Å². The third-order valence-electron chi connectivity index (χ3n) is 5.38. The van der Waals surface area contributed by atoms with Crippen LogP contribution in [-0.2, 0) is 11.3 Å². The molecule has 2 heterocycles. The Morgan fingerprint density at radius 1 is 1.20 bits per heavy atom. The Morgan fingerprint density at radius 2 is 1.87 bits per heavy atom. The summed E-state index contributed by atoms with van der Waals surface area (Å²) in [6.07, 6.45) is 5.68. The minimum absolute atomic E-state index is 0.185. The minimum atomic E-state index is -0.707. The maximum Gasteiger partial charge on any atom is 0.276 e. The summed E-state index contributed by atoms with van der Waals surface area (Å²) >= 11 is 0. The monoisotopic (exact) mass is 411 g/mol. The molecule has 1 aliphatic rings. The highest BCUT2D eigenvalue weighted by atomic mass is 16.3. The molecule has 0 unspecified atom stereocenters. The molecular formula is C22H29N5O3. The number of piperazine rings is 1. The molecular weight excluding hydrogens is 382 g/mol. The molecule has 8 heteroatoms. The summed E-state index contributed by atoms with van der Waals surface area (Å²) < 4.78 is 5.48. The van der Waals surface area contributed by atoms with Gasteiger partial charge in [-0.3, -0.25) is 19.4 Å². The van der Waals surface area contributed by atoms with Crippen LogP contribution in [0.2, 0.25) is 0 Å². The van der Waals surface area contributed by atoms with E-state index in [9.17, 15) is 9.59 Å². The Hall–Kier alpha value is -2.97. The summed E-state index contributed by atoms with van der Waals surface area (Å²) in [5.74, 6) is -0.451. The van der Waals surface area contributed by atoms with Crippen molar-refractivity contribution >= 4 is 17.9 Å². The number of amides is 2. The lowest BCUT2D eigenvalue weighted by atomic mass is 10.2. The number of benzene rings is 1. The molecule has 1 aromatic heterocycles. The molecule has 30 heavy (non-hydrogen) atoms. The zero-order valence-corrected chi connectivity index (χ0v) is 17.5. The topological polar surface area (TPSA) is 95.9 Å². The normalized spacial score (nSPS) is 16.6. The van der Waals surface area contributed by atoms with Gasteiger partial charge in [-0.15, -0.1) is 0 Å². The van der Waals surface area contributed by atoms with Crippen LogP contribution in [0.1, 0.15) is 28.9 Å². The van der Waals surface area contributed by atoms with Crippen molar-refractivity contribution < 1.29 is 14.0 Å². The number of aromatic nitrogens is 1. The first-order valence-electron chi connectivity index (χ1n) is 10.1. The van der Waals surface area contributed by atoms with E-state index in [1.54, 1.807) is 6.92 Å². The molecule has 3 rings (SSSR count). The molecule has 0 radical (unpaired) electrons. The first-order valence-corrected chi connectivity index (χ1v) is 10.1. The van der Waals surface area contributed by atoms with E-state index in [1.165, 1.54) is 23.8 Å². The number of carbonyl (C=O) groups is 2. The maximum absolute atomic E-state index is 12.4. The van der Waals surface area contributed by atoms with Gasteiger partial charge in [0.25, 0.3) is 5.91 Å². The van der Waals surface area contributed by atoms with E-state index >= 15 is 0 Å². The molecule has 0 spiro atoms. The highest BCUT2D eigenvalue weighted by Gasteiger charge is 2.25. The molecule has 2 N–H and O–H groups in total. The molecule has 2 aromatic rings. The standard InChI is InChI=1S/C22H29N5O3/c1-17(21(23)28)25(2)22(29)19-16-30-20(24-19)15-27-13-11-26(12-14-27)10-6-9-18-7-4-3-5-8-18/h3-9,16-17H,10-15H2,1-2H3,(H2,23,28)/b9-6+/t17-/m1/s1. The highest BCUT2D eigenvalue weighted by Crippen LogP contribution is 2.12. The number of nitrogens with zero attached hydrogens (tertiary/aromatic N) is 4. The molecule has 8 nitrogen and oxygen atoms in total. The maximum atomic E-state index is 12.4. The van der Waals surface area contributed by atoms with Crippen LogP contribution >= 0.6 is 0 Å². The van der Waals surface area contributed by atoms with Crippen molar-refractivity contribution in [2.24, 2.45) is 5.73 Å². The summed E-state index contributed by atoms with van der Waals surface area (Å²) in [5.41, 5.74) is 6.66. The van der Waals surface area contributed by atoms with Crippen molar-refractivity contribution in [3.8, 4) is 0 Å². The van der Waals surface area contributed by atoms with Gasteiger partial charge in [-0.1, -0.05) is 42.5 Å². The zero-order chi connectivity index (χ0) is 21.5. The van der Waals surface area contributed by atoms with Crippen LogP contribution in [-0.4, -0.2) is 77.3 Å². The molecule has 1 aromatic carbocycles. The first kappa shape index (κ1) is 21.7. The third-order valence-corrected chi connectivity index (χ3v) is 5.38. The lowest BCUT2D eigenvalue weighted by molar-refractivity contribution is -0.121. The van der Waals surface area contributed by atoms with Crippen molar-refractivity contribution in [2.45, 2.75) is 19.5 Å². The Morgan fingerprint density at radius 3 is 2.53 bits per heavy atom. The predicted octanol–water partition coefficient (Wildman–Crippen LogP) is 1.45. The van der Waals surface area contributed by atoms with Gasteiger partial charge in [0, 0.05) is 39.8 Å². The number of carbonyl (C=O) groups excluding carboxylic acids is 2. The molecule has 0 saturated carbocycles. The number of hydrogen-bond donors (Lipinski definition) is 1. The van der Waals surface area contributed by atoms with Gasteiger partial charge >= 0.3 is 0 Å². The van der Waals surface area contributed by atoms with E-state index in [-0.39, 0.29) is 11.6 Å². The Balaban J connectivity index is 1.45. The van der Waals surface area contributed by atoms with Crippen LogP contribution in [0.4, 0.5) is 0 Å². The number of hydrogen-bond acceptors (Lipinski definition) is 6. The predicted molar refractivity (Wildman–Crippen MR) is 114 cm³/mol. The van der Waals surface area contributed by atoms with Crippen molar-refractivity contribution in [1.29, 1.82) is 0 Å². The molecule has 1 saturated heterocycles. The van der Waals surface area contributed by atoms with E-state index < -0.39 is 11.9 Å². The van der Waals surface area contributed by atoms with Crippen molar-refractivity contribution in [1.82, 2.24) is 19.7 Å². The number of likely N-dealkylation sites (N-methyl/N-ethyl adjacent to an activating group) is 1. The fourth-order valence-corrected chi connectivity index (χ4v) is 3.25. The molecule has 160 valence electrons. The first-order chi connectivity index (χ1) is 14.4. The summed E-state index contributed by atoms with van der Waals surface area (Å²) in [6.45, 7) is 6.79. The minimum Gasteiger partial charge on any atom is -0.447 e. The second kappa shape index (κ2) is 10.2. The quantitative estimate of drug-likeness (QED) is 0.706. The number of primary amides is 1. The van der Waals surface area contributed by atoms with Gasteiger partial charge in [0.05, 0.1) is 6.54 Å². The smallest absolute Gasteiger partial charge is 0.276 e. The van der Waals surface area contributed by atoms with E-state index in [0.717, 1.165) is 32.7 Å². The molecule has 0 aliphatic carbocycles. The van der Waals surface area contributed by atoms with Crippen molar-refractivity contribution in [3.05, 3.63) is 59.8 Å². The zero-order valence-electron chi connectivity index (χ0n) is 17.5. The van der Waals surface area contributed by atoms with Crippen LogP contribution in [0, 0.1) is 0 Å². The molecule has 1 fully saturated rings. The van der Waals surface area contributed by atoms with Gasteiger partial charge in [0.15, 0.2) is 5.69 Å². The van der Waals surface area contributed by atoms with Gasteiger partial charge in [-0.25, -0.2) is 4.98 Å². The van der Waals surface area contributed by atoms with E-state index in [0.29, 0.717) is 12.4 Å². The van der Waals surface area contributed by atoms with Crippen LogP contribution in [0.3, 0.4) is 0 Å². The second-order valence-corrected chi connectivity index (χ2v) is 7.51. The Kier molecular flexibility index (Phi) is 7.37. The van der Waals surface area contributed by atoms with Crippen LogP contribution in [0.15, 0.2) is 47.1 Å². The van der Waals surface area contributed by atoms with Crippen LogP contribution in [0.5, 0.6) is 0 Å². The summed E-state index contributed by atoms with van der Waals surface area (Å²) in [6, 6.07) is 9.57. The van der Waals surface area contributed by atoms with Crippen LogP contribution < -0.4 is 5.73 Å². The van der Waals surface area contributed by atoms with E-state index in [4.69, 9.17) is 10.2 Å². The second-order valence-electron chi connectivity index (χ2n) is 7.51. The molecule has 1 aliphatic heterocycles. The fourth-order valence-electron chi connectivity index (χ4n) is 3.25. The highest BCUT2D eigenvalue weighted by molar-refractivity contribution is 5.95. The molecule has 1 atom stereocenters. The summed E-state index contributed by atoms with van der Waals surface area (Å²) in [4.78, 5) is 33.9. The SMILES string of the molecule is C[C@H](C(N)=O)N(C)C(=O)c1coc(CN2CCN(C/C=C/c3ccccc3)CC2)n1. The lowest BCUT2D eigenvalue weighted by Gasteiger charge is -2.33. The number of nitrogens with two attached hydrogens (primary N) is 1. The average molecular weight is 412 g/mol. The Labute approximate surface area is 176 Å². The lowest BCUT2D eigenvalue weighted by Crippen LogP contribution is -2.45. The van der Waals surface area contributed by atoms with Crippen molar-refractivity contribution in [3.63, 3.8) is 0 Å². The largest absolute Gasteiger partial charge is 0.447 e. The van der Waals surface area contributed by atoms with Gasteiger partial charge in [0.2, 0.25) is 11.8 Å². The average Bonchev–Trinajstić information content (AvgIpc) is 3.22. The number of rotatable bonds is 8. The third kappa shape index (κ3) is 5.77. The van der Waals surface area contributed by atoms with Gasteiger partial charge in [-0.2, -0.15) is 0 Å². The summed E-state index contributed by atoms with van der Waals surface area (Å²) in [5, 5.41) is 0. The van der Waals surface area contributed by atoms with Crippen LogP contribution in [0.25, 0.3) is 6.08 Å². The molecule has 0 bridgehead atoms. The number of oxazole rings is 1.